The zero-order valence-electron chi connectivity index (χ0n) is 14.0. The number of rotatable bonds is 4. The van der Waals surface area contributed by atoms with Crippen LogP contribution >= 0.6 is 0 Å². The molecular formula is C17H22F3NO3. The Bertz CT molecular complexity index is 603. The molecule has 0 radical (unpaired) electrons. The minimum absolute atomic E-state index is 0.0720. The number of benzene rings is 1. The number of alkyl halides is 3. The number of carbonyl (C=O) groups is 1. The first-order valence-electron chi connectivity index (χ1n) is 7.83. The predicted molar refractivity (Wildman–Crippen MR) is 84.0 cm³/mol. The van der Waals surface area contributed by atoms with Crippen molar-refractivity contribution in [3.05, 3.63) is 23.8 Å². The van der Waals surface area contributed by atoms with Gasteiger partial charge in [0, 0.05) is 12.8 Å². The largest absolute Gasteiger partial charge is 0.496 e. The topological polar surface area (TPSA) is 47.6 Å². The van der Waals surface area contributed by atoms with Gasteiger partial charge in [-0.15, -0.1) is 0 Å². The van der Waals surface area contributed by atoms with Crippen LogP contribution in [0.25, 0.3) is 0 Å². The number of amides is 1. The minimum atomic E-state index is -4.57. The van der Waals surface area contributed by atoms with Crippen LogP contribution in [0.3, 0.4) is 0 Å². The number of nitrogens with one attached hydrogen (secondary N) is 1. The van der Waals surface area contributed by atoms with E-state index in [-0.39, 0.29) is 11.4 Å². The van der Waals surface area contributed by atoms with Crippen LogP contribution in [0.15, 0.2) is 18.2 Å². The summed E-state index contributed by atoms with van der Waals surface area (Å²) in [6, 6.07) is 3.47. The third kappa shape index (κ3) is 3.83. The van der Waals surface area contributed by atoms with Gasteiger partial charge in [0.2, 0.25) is 0 Å². The molecule has 1 amide bonds. The molecule has 24 heavy (non-hydrogen) atoms. The number of hydrogen-bond acceptors (Lipinski definition) is 3. The smallest absolute Gasteiger partial charge is 0.420 e. The van der Waals surface area contributed by atoms with E-state index in [2.05, 4.69) is 5.32 Å². The zero-order chi connectivity index (χ0) is 18.0. The fourth-order valence-electron chi connectivity index (χ4n) is 3.24. The first-order valence-corrected chi connectivity index (χ1v) is 7.83. The highest BCUT2D eigenvalue weighted by Gasteiger charge is 2.42. The molecule has 0 saturated heterocycles. The maximum absolute atomic E-state index is 13.1. The molecule has 0 unspecified atom stereocenters. The SMILES string of the molecule is COc1ccc(NC(=O)[C@@]2(OC)CCC[C@@H](C)C2)cc1C(F)(F)F. The third-order valence-corrected chi connectivity index (χ3v) is 4.52. The van der Waals surface area contributed by atoms with Crippen LogP contribution in [-0.4, -0.2) is 25.7 Å². The predicted octanol–water partition coefficient (Wildman–Crippen LogP) is 4.25. The Kier molecular flexibility index (Phi) is 5.42. The fraction of sp³-hybridized carbons (Fsp3) is 0.588. The van der Waals surface area contributed by atoms with Gasteiger partial charge in [-0.1, -0.05) is 13.3 Å². The van der Waals surface area contributed by atoms with Crippen LogP contribution in [0.1, 0.15) is 38.2 Å². The maximum Gasteiger partial charge on any atom is 0.420 e. The van der Waals surface area contributed by atoms with Crippen molar-refractivity contribution in [2.24, 2.45) is 5.92 Å². The molecule has 1 N–H and O–H groups in total. The molecule has 1 fully saturated rings. The van der Waals surface area contributed by atoms with Gasteiger partial charge in [0.25, 0.3) is 5.91 Å². The van der Waals surface area contributed by atoms with Crippen molar-refractivity contribution in [1.29, 1.82) is 0 Å². The van der Waals surface area contributed by atoms with Crippen molar-refractivity contribution in [2.75, 3.05) is 19.5 Å². The van der Waals surface area contributed by atoms with Gasteiger partial charge >= 0.3 is 6.18 Å². The highest BCUT2D eigenvalue weighted by molar-refractivity contribution is 5.97. The number of methoxy groups -OCH3 is 2. The van der Waals surface area contributed by atoms with E-state index in [0.717, 1.165) is 18.9 Å². The second-order valence-electron chi connectivity index (χ2n) is 6.27. The van der Waals surface area contributed by atoms with Gasteiger partial charge in [-0.3, -0.25) is 4.79 Å². The van der Waals surface area contributed by atoms with E-state index in [1.54, 1.807) is 0 Å². The Morgan fingerprint density at radius 2 is 2.04 bits per heavy atom. The van der Waals surface area contributed by atoms with Gasteiger partial charge in [0.05, 0.1) is 12.7 Å². The summed E-state index contributed by atoms with van der Waals surface area (Å²) in [7, 11) is 2.64. The van der Waals surface area contributed by atoms with Crippen molar-refractivity contribution in [3.8, 4) is 5.75 Å². The van der Waals surface area contributed by atoms with E-state index in [1.165, 1.54) is 26.4 Å². The minimum Gasteiger partial charge on any atom is -0.496 e. The molecule has 2 atom stereocenters. The van der Waals surface area contributed by atoms with Gasteiger partial charge in [0.1, 0.15) is 11.4 Å². The lowest BCUT2D eigenvalue weighted by atomic mass is 9.78. The monoisotopic (exact) mass is 345 g/mol. The molecular weight excluding hydrogens is 323 g/mol. The molecule has 1 aliphatic carbocycles. The molecule has 1 aromatic rings. The average Bonchev–Trinajstić information content (AvgIpc) is 2.53. The van der Waals surface area contributed by atoms with Crippen molar-refractivity contribution in [3.63, 3.8) is 0 Å². The van der Waals surface area contributed by atoms with Gasteiger partial charge in [-0.25, -0.2) is 0 Å². The molecule has 134 valence electrons. The van der Waals surface area contributed by atoms with Crippen molar-refractivity contribution in [2.45, 2.75) is 44.4 Å². The van der Waals surface area contributed by atoms with Crippen LogP contribution in [0, 0.1) is 5.92 Å². The lowest BCUT2D eigenvalue weighted by molar-refractivity contribution is -0.143. The molecule has 2 rings (SSSR count). The van der Waals surface area contributed by atoms with E-state index in [4.69, 9.17) is 9.47 Å². The van der Waals surface area contributed by atoms with E-state index in [0.29, 0.717) is 18.8 Å². The van der Waals surface area contributed by atoms with Gasteiger partial charge < -0.3 is 14.8 Å². The number of anilines is 1. The first-order chi connectivity index (χ1) is 11.2. The Hall–Kier alpha value is -1.76. The number of ether oxygens (including phenoxy) is 2. The lowest BCUT2D eigenvalue weighted by Crippen LogP contribution is -2.47. The summed E-state index contributed by atoms with van der Waals surface area (Å²) >= 11 is 0. The second-order valence-corrected chi connectivity index (χ2v) is 6.27. The fourth-order valence-corrected chi connectivity index (χ4v) is 3.24. The molecule has 0 aliphatic heterocycles. The first kappa shape index (κ1) is 18.6. The quantitative estimate of drug-likeness (QED) is 0.887. The summed E-state index contributed by atoms with van der Waals surface area (Å²) in [6.07, 6.45) is -1.60. The molecule has 4 nitrogen and oxygen atoms in total. The molecule has 1 saturated carbocycles. The summed E-state index contributed by atoms with van der Waals surface area (Å²) in [5.74, 6) is -0.367. The number of hydrogen-bond donors (Lipinski definition) is 1. The van der Waals surface area contributed by atoms with Crippen LogP contribution in [-0.2, 0) is 15.7 Å². The Morgan fingerprint density at radius 1 is 1.33 bits per heavy atom. The summed E-state index contributed by atoms with van der Waals surface area (Å²) < 4.78 is 49.5. The van der Waals surface area contributed by atoms with Gasteiger partial charge in [-0.2, -0.15) is 13.2 Å². The van der Waals surface area contributed by atoms with Crippen LogP contribution < -0.4 is 10.1 Å². The van der Waals surface area contributed by atoms with Crippen molar-refractivity contribution in [1.82, 2.24) is 0 Å². The summed E-state index contributed by atoms with van der Waals surface area (Å²) in [6.45, 7) is 2.04. The zero-order valence-corrected chi connectivity index (χ0v) is 14.0. The summed E-state index contributed by atoms with van der Waals surface area (Å²) in [4.78, 5) is 12.6. The average molecular weight is 345 g/mol. The summed E-state index contributed by atoms with van der Waals surface area (Å²) in [5.41, 5.74) is -1.84. The number of carbonyl (C=O) groups excluding carboxylic acids is 1. The molecule has 1 aliphatic rings. The van der Waals surface area contributed by atoms with E-state index >= 15 is 0 Å². The maximum atomic E-state index is 13.1. The highest BCUT2D eigenvalue weighted by Crippen LogP contribution is 2.39. The Balaban J connectivity index is 2.25. The molecule has 0 heterocycles. The summed E-state index contributed by atoms with van der Waals surface area (Å²) in [5, 5.41) is 2.57. The van der Waals surface area contributed by atoms with E-state index in [1.807, 2.05) is 6.92 Å². The molecule has 0 aromatic heterocycles. The van der Waals surface area contributed by atoms with Gasteiger partial charge in [0.15, 0.2) is 0 Å². The van der Waals surface area contributed by atoms with E-state index in [9.17, 15) is 18.0 Å². The van der Waals surface area contributed by atoms with Crippen LogP contribution in [0.2, 0.25) is 0 Å². The molecule has 0 spiro atoms. The Morgan fingerprint density at radius 3 is 2.58 bits per heavy atom. The standard InChI is InChI=1S/C17H22F3NO3/c1-11-5-4-8-16(10-11,24-3)15(22)21-12-6-7-14(23-2)13(9-12)17(18,19)20/h6-7,9,11H,4-5,8,10H2,1-3H3,(H,21,22)/t11-,16-/m1/s1. The lowest BCUT2D eigenvalue weighted by Gasteiger charge is -2.37. The normalized spacial score (nSPS) is 24.5. The van der Waals surface area contributed by atoms with Gasteiger partial charge in [-0.05, 0) is 43.4 Å². The molecule has 1 aromatic carbocycles. The van der Waals surface area contributed by atoms with Crippen molar-refractivity contribution < 1.29 is 27.4 Å². The second kappa shape index (κ2) is 7.01. The van der Waals surface area contributed by atoms with Crippen LogP contribution in [0.4, 0.5) is 18.9 Å². The highest BCUT2D eigenvalue weighted by atomic mass is 19.4. The van der Waals surface area contributed by atoms with Crippen molar-refractivity contribution >= 4 is 11.6 Å². The van der Waals surface area contributed by atoms with E-state index < -0.39 is 23.2 Å². The third-order valence-electron chi connectivity index (χ3n) is 4.52. The Labute approximate surface area is 139 Å². The molecule has 0 bridgehead atoms. The van der Waals surface area contributed by atoms with Crippen LogP contribution in [0.5, 0.6) is 5.75 Å². The number of halogens is 3. The molecule has 7 heteroatoms.